The van der Waals surface area contributed by atoms with E-state index in [9.17, 15) is 8.42 Å². The molecule has 26 heavy (non-hydrogen) atoms. The average molecular weight is 386 g/mol. The van der Waals surface area contributed by atoms with Crippen LogP contribution in [-0.2, 0) is 23.1 Å². The molecule has 0 heterocycles. The molecule has 4 nitrogen and oxygen atoms in total. The average Bonchev–Trinajstić information content (AvgIpc) is 2.59. The van der Waals surface area contributed by atoms with Gasteiger partial charge in [0.25, 0.3) is 10.1 Å². The van der Waals surface area contributed by atoms with E-state index in [4.69, 9.17) is 9.29 Å². The van der Waals surface area contributed by atoms with E-state index >= 15 is 0 Å². The van der Waals surface area contributed by atoms with Crippen molar-refractivity contribution >= 4 is 10.1 Å². The van der Waals surface area contributed by atoms with E-state index in [1.165, 1.54) is 5.56 Å². The molecule has 0 aliphatic heterocycles. The van der Waals surface area contributed by atoms with Crippen LogP contribution in [0.1, 0.15) is 44.7 Å². The van der Waals surface area contributed by atoms with E-state index in [1.54, 1.807) is 0 Å². The van der Waals surface area contributed by atoms with Gasteiger partial charge in [0.05, 0.1) is 5.75 Å². The summed E-state index contributed by atoms with van der Waals surface area (Å²) in [6.07, 6.45) is 5.46. The molecule has 0 fully saturated rings. The normalized spacial score (nSPS) is 11.0. The Kier molecular flexibility index (Phi) is 11.2. The number of ether oxygens (including phenoxy) is 1. The Morgan fingerprint density at radius 1 is 0.846 bits per heavy atom. The molecule has 0 aromatic heterocycles. The quantitative estimate of drug-likeness (QED) is 0.363. The zero-order chi connectivity index (χ0) is 18.0. The molecule has 0 aliphatic carbocycles. The van der Waals surface area contributed by atoms with Gasteiger partial charge >= 0.3 is 29.6 Å². The third-order valence-electron chi connectivity index (χ3n) is 4.01. The fraction of sp³-hybridized carbons (Fsp3) is 0.400. The van der Waals surface area contributed by atoms with Gasteiger partial charge in [-0.1, -0.05) is 61.7 Å². The summed E-state index contributed by atoms with van der Waals surface area (Å²) < 4.78 is 35.8. The van der Waals surface area contributed by atoms with Crippen LogP contribution in [0.4, 0.5) is 0 Å². The van der Waals surface area contributed by atoms with Gasteiger partial charge in [0.1, 0.15) is 12.4 Å². The Labute approximate surface area is 180 Å². The van der Waals surface area contributed by atoms with Gasteiger partial charge in [0.15, 0.2) is 0 Å². The first-order valence-electron chi connectivity index (χ1n) is 8.74. The van der Waals surface area contributed by atoms with Gasteiger partial charge in [-0.05, 0) is 42.5 Å². The molecule has 0 unspecified atom stereocenters. The second-order valence-corrected chi connectivity index (χ2v) is 7.80. The zero-order valence-corrected chi connectivity index (χ0v) is 18.2. The molecule has 2 aromatic rings. The van der Waals surface area contributed by atoms with Gasteiger partial charge in [-0.3, -0.25) is 4.55 Å². The maximum atomic E-state index is 10.6. The Morgan fingerprint density at radius 2 is 1.50 bits per heavy atom. The smallest absolute Gasteiger partial charge is 1.00 e. The van der Waals surface area contributed by atoms with Crippen LogP contribution in [0.25, 0.3) is 0 Å². The molecule has 0 saturated heterocycles. The first-order valence-corrected chi connectivity index (χ1v) is 10.3. The minimum atomic E-state index is -3.80. The molecule has 1 N–H and O–H groups in total. The Hall–Kier alpha value is -0.850. The van der Waals surface area contributed by atoms with Crippen LogP contribution >= 0.6 is 0 Å². The summed E-state index contributed by atoms with van der Waals surface area (Å²) in [5, 5.41) is 0. The van der Waals surface area contributed by atoms with Gasteiger partial charge in [-0.15, -0.1) is 0 Å². The van der Waals surface area contributed by atoms with Crippen molar-refractivity contribution in [3.05, 3.63) is 65.7 Å². The van der Waals surface area contributed by atoms with E-state index in [0.29, 0.717) is 13.0 Å². The molecule has 0 aliphatic rings. The standard InChI is InChI=1S/C20H26O4S.Na.H/c21-25(22,23)15-8-3-1-2-5-10-18-13-9-14-20(16-18)24-17-19-11-6-4-7-12-19;;/h4,6-7,9,11-14,16H,1-3,5,8,10,15,17H2,(H,21,22,23);;/q;+1;-1. The van der Waals surface area contributed by atoms with Gasteiger partial charge < -0.3 is 6.16 Å². The largest absolute Gasteiger partial charge is 1.00 e. The summed E-state index contributed by atoms with van der Waals surface area (Å²) in [6, 6.07) is 18.3. The van der Waals surface area contributed by atoms with E-state index in [1.807, 2.05) is 42.5 Å². The second-order valence-electron chi connectivity index (χ2n) is 6.23. The molecule has 138 valence electrons. The number of benzene rings is 2. The molecule has 0 radical (unpaired) electrons. The molecule has 6 heteroatoms. The molecular weight excluding hydrogens is 359 g/mol. The van der Waals surface area contributed by atoms with Crippen molar-refractivity contribution in [1.29, 1.82) is 0 Å². The molecule has 2 rings (SSSR count). The van der Waals surface area contributed by atoms with Crippen molar-refractivity contribution in [3.63, 3.8) is 0 Å². The topological polar surface area (TPSA) is 63.6 Å². The van der Waals surface area contributed by atoms with Crippen LogP contribution in [-0.4, -0.2) is 18.7 Å². The van der Waals surface area contributed by atoms with Gasteiger partial charge in [0, 0.05) is 0 Å². The summed E-state index contributed by atoms with van der Waals surface area (Å²) in [5.41, 5.74) is 2.40. The Balaban J connectivity index is 0.00000338. The SMILES string of the molecule is O=S(=O)(O)CCCCCCCc1cccc(OCc2ccccc2)c1.[H-].[Na+]. The van der Waals surface area contributed by atoms with Crippen molar-refractivity contribution in [2.75, 3.05) is 5.75 Å². The van der Waals surface area contributed by atoms with Gasteiger partial charge in [-0.2, -0.15) is 8.42 Å². The second kappa shape index (κ2) is 12.5. The third-order valence-corrected chi connectivity index (χ3v) is 4.82. The fourth-order valence-corrected chi connectivity index (χ4v) is 3.24. The zero-order valence-electron chi connectivity index (χ0n) is 16.4. The number of rotatable bonds is 11. The van der Waals surface area contributed by atoms with E-state index in [2.05, 4.69) is 12.1 Å². The minimum Gasteiger partial charge on any atom is -1.00 e. The molecule has 0 saturated carbocycles. The molecule has 0 spiro atoms. The van der Waals surface area contributed by atoms with E-state index in [0.717, 1.165) is 43.4 Å². The third kappa shape index (κ3) is 10.3. The maximum absolute atomic E-state index is 10.6. The summed E-state index contributed by atoms with van der Waals surface area (Å²) >= 11 is 0. The number of aryl methyl sites for hydroxylation is 1. The first-order chi connectivity index (χ1) is 12.0. The summed E-state index contributed by atoms with van der Waals surface area (Å²) in [6.45, 7) is 0.568. The van der Waals surface area contributed by atoms with Crippen molar-refractivity contribution in [2.45, 2.75) is 45.1 Å². The monoisotopic (exact) mass is 386 g/mol. The fourth-order valence-electron chi connectivity index (χ4n) is 2.68. The van der Waals surface area contributed by atoms with Gasteiger partial charge in [-0.25, -0.2) is 0 Å². The summed E-state index contributed by atoms with van der Waals surface area (Å²) in [7, 11) is -3.80. The predicted molar refractivity (Wildman–Crippen MR) is 102 cm³/mol. The predicted octanol–water partition coefficient (Wildman–Crippen LogP) is 1.76. The first kappa shape index (κ1) is 23.2. The minimum absolute atomic E-state index is 0. The van der Waals surface area contributed by atoms with Crippen molar-refractivity contribution in [1.82, 2.24) is 0 Å². The number of hydrogen-bond acceptors (Lipinski definition) is 3. The van der Waals surface area contributed by atoms with Crippen LogP contribution in [0.2, 0.25) is 0 Å². The molecule has 0 atom stereocenters. The summed E-state index contributed by atoms with van der Waals surface area (Å²) in [5.74, 6) is 0.753. The molecular formula is C20H27NaO4S. The van der Waals surface area contributed by atoms with E-state index < -0.39 is 10.1 Å². The number of unbranched alkanes of at least 4 members (excludes halogenated alkanes) is 4. The molecule has 0 bridgehead atoms. The Morgan fingerprint density at radius 3 is 2.23 bits per heavy atom. The van der Waals surface area contributed by atoms with Crippen LogP contribution in [0.5, 0.6) is 5.75 Å². The number of hydrogen-bond donors (Lipinski definition) is 1. The van der Waals surface area contributed by atoms with Crippen molar-refractivity contribution in [2.24, 2.45) is 0 Å². The van der Waals surface area contributed by atoms with Crippen LogP contribution in [0, 0.1) is 0 Å². The van der Waals surface area contributed by atoms with Gasteiger partial charge in [0.2, 0.25) is 0 Å². The van der Waals surface area contributed by atoms with Crippen molar-refractivity contribution < 1.29 is 48.7 Å². The summed E-state index contributed by atoms with van der Waals surface area (Å²) in [4.78, 5) is 0. The van der Waals surface area contributed by atoms with E-state index in [-0.39, 0.29) is 36.7 Å². The van der Waals surface area contributed by atoms with Crippen molar-refractivity contribution in [3.8, 4) is 5.75 Å². The molecule has 0 amide bonds. The van der Waals surface area contributed by atoms with Crippen LogP contribution < -0.4 is 34.3 Å². The maximum Gasteiger partial charge on any atom is 1.00 e. The molecule has 2 aromatic carbocycles. The Bertz CT molecular complexity index is 739. The van der Waals surface area contributed by atoms with Crippen LogP contribution in [0.3, 0.4) is 0 Å². The van der Waals surface area contributed by atoms with Crippen LogP contribution in [0.15, 0.2) is 54.6 Å².